The first-order chi connectivity index (χ1) is 12.8. The standard InChI is InChI=1S/C20H17NO4S2/c1-12-7-8-14(27(2,23)24)10-16(12)21-20(22)18-9-13-11-25-17-6-4-3-5-15(17)19(13)26-18/h3-10H,11H2,1-2H3,(H,21,22). The third-order valence-corrected chi connectivity index (χ3v) is 6.75. The number of hydrogen-bond donors (Lipinski definition) is 1. The van der Waals surface area contributed by atoms with Gasteiger partial charge >= 0.3 is 0 Å². The number of hydrogen-bond acceptors (Lipinski definition) is 5. The van der Waals surface area contributed by atoms with Crippen LogP contribution in [0, 0.1) is 6.92 Å². The highest BCUT2D eigenvalue weighted by atomic mass is 32.2. The van der Waals surface area contributed by atoms with Gasteiger partial charge in [-0.05, 0) is 42.8 Å². The van der Waals surface area contributed by atoms with Crippen LogP contribution in [0.25, 0.3) is 10.4 Å². The molecule has 1 aliphatic heterocycles. The number of ether oxygens (including phenoxy) is 1. The van der Waals surface area contributed by atoms with Gasteiger partial charge in [0.2, 0.25) is 0 Å². The minimum Gasteiger partial charge on any atom is -0.488 e. The first-order valence-electron chi connectivity index (χ1n) is 8.30. The molecule has 1 amide bonds. The molecule has 0 atom stereocenters. The predicted molar refractivity (Wildman–Crippen MR) is 106 cm³/mol. The van der Waals surface area contributed by atoms with Crippen LogP contribution >= 0.6 is 11.3 Å². The van der Waals surface area contributed by atoms with Crippen LogP contribution in [-0.2, 0) is 16.4 Å². The van der Waals surface area contributed by atoms with Crippen molar-refractivity contribution in [3.63, 3.8) is 0 Å². The van der Waals surface area contributed by atoms with E-state index in [2.05, 4.69) is 5.32 Å². The summed E-state index contributed by atoms with van der Waals surface area (Å²) in [7, 11) is -3.34. The van der Waals surface area contributed by atoms with E-state index in [0.29, 0.717) is 17.2 Å². The van der Waals surface area contributed by atoms with Gasteiger partial charge in [-0.15, -0.1) is 11.3 Å². The largest absolute Gasteiger partial charge is 0.488 e. The minimum absolute atomic E-state index is 0.177. The highest BCUT2D eigenvalue weighted by Gasteiger charge is 2.23. The molecule has 138 valence electrons. The number of thiophene rings is 1. The smallest absolute Gasteiger partial charge is 0.265 e. The summed E-state index contributed by atoms with van der Waals surface area (Å²) in [5, 5.41) is 2.84. The summed E-state index contributed by atoms with van der Waals surface area (Å²) in [6, 6.07) is 14.3. The minimum atomic E-state index is -3.34. The van der Waals surface area contributed by atoms with E-state index in [1.165, 1.54) is 17.4 Å². The summed E-state index contributed by atoms with van der Waals surface area (Å²) in [5.41, 5.74) is 3.25. The molecule has 2 heterocycles. The molecule has 1 N–H and O–H groups in total. The lowest BCUT2D eigenvalue weighted by atomic mass is 10.1. The van der Waals surface area contributed by atoms with Crippen LogP contribution in [0.15, 0.2) is 53.4 Å². The van der Waals surface area contributed by atoms with E-state index in [1.54, 1.807) is 12.1 Å². The van der Waals surface area contributed by atoms with Crippen LogP contribution in [0.5, 0.6) is 5.75 Å². The van der Waals surface area contributed by atoms with Gasteiger partial charge in [0.25, 0.3) is 5.91 Å². The third-order valence-electron chi connectivity index (χ3n) is 4.43. The van der Waals surface area contributed by atoms with Crippen molar-refractivity contribution in [2.75, 3.05) is 11.6 Å². The Morgan fingerprint density at radius 3 is 2.70 bits per heavy atom. The second kappa shape index (κ2) is 6.51. The molecule has 4 rings (SSSR count). The fourth-order valence-electron chi connectivity index (χ4n) is 2.96. The van der Waals surface area contributed by atoms with Gasteiger partial charge in [0.15, 0.2) is 9.84 Å². The molecule has 27 heavy (non-hydrogen) atoms. The summed E-state index contributed by atoms with van der Waals surface area (Å²) in [4.78, 5) is 14.5. The Labute approximate surface area is 161 Å². The van der Waals surface area contributed by atoms with Gasteiger partial charge in [-0.2, -0.15) is 0 Å². The van der Waals surface area contributed by atoms with Crippen molar-refractivity contribution >= 4 is 32.8 Å². The topological polar surface area (TPSA) is 72.5 Å². The molecule has 0 bridgehead atoms. The summed E-state index contributed by atoms with van der Waals surface area (Å²) >= 11 is 1.41. The summed E-state index contributed by atoms with van der Waals surface area (Å²) < 4.78 is 29.3. The number of sulfone groups is 1. The number of benzene rings is 2. The number of aryl methyl sites for hydroxylation is 1. The number of anilines is 1. The molecule has 7 heteroatoms. The maximum Gasteiger partial charge on any atom is 0.265 e. The zero-order valence-electron chi connectivity index (χ0n) is 14.8. The number of amides is 1. The van der Waals surface area contributed by atoms with Crippen molar-refractivity contribution in [3.05, 3.63) is 64.5 Å². The lowest BCUT2D eigenvalue weighted by Gasteiger charge is -2.16. The number of rotatable bonds is 3. The first-order valence-corrected chi connectivity index (χ1v) is 11.0. The van der Waals surface area contributed by atoms with Crippen molar-refractivity contribution in [2.45, 2.75) is 18.4 Å². The Hall–Kier alpha value is -2.64. The molecule has 0 radical (unpaired) electrons. The van der Waals surface area contributed by atoms with Gasteiger partial charge in [-0.1, -0.05) is 18.2 Å². The van der Waals surface area contributed by atoms with Crippen molar-refractivity contribution in [2.24, 2.45) is 0 Å². The highest BCUT2D eigenvalue weighted by molar-refractivity contribution is 7.90. The molecule has 5 nitrogen and oxygen atoms in total. The predicted octanol–water partition coefficient (Wildman–Crippen LogP) is 4.27. The van der Waals surface area contributed by atoms with Crippen molar-refractivity contribution in [3.8, 4) is 16.2 Å². The molecule has 2 aromatic carbocycles. The molecule has 1 aromatic heterocycles. The van der Waals surface area contributed by atoms with Gasteiger partial charge in [-0.25, -0.2) is 8.42 Å². The quantitative estimate of drug-likeness (QED) is 0.714. The first kappa shape index (κ1) is 17.8. The zero-order chi connectivity index (χ0) is 19.2. The second-order valence-corrected chi connectivity index (χ2v) is 9.52. The van der Waals surface area contributed by atoms with Crippen LogP contribution in [0.4, 0.5) is 5.69 Å². The molecule has 0 spiro atoms. The van der Waals surface area contributed by atoms with E-state index >= 15 is 0 Å². The maximum absolute atomic E-state index is 12.8. The van der Waals surface area contributed by atoms with Crippen molar-refractivity contribution in [1.82, 2.24) is 0 Å². The Balaban J connectivity index is 1.66. The third kappa shape index (κ3) is 3.36. The number of fused-ring (bicyclic) bond motifs is 3. The van der Waals surface area contributed by atoms with Crippen LogP contribution in [0.1, 0.15) is 20.8 Å². The van der Waals surface area contributed by atoms with E-state index < -0.39 is 9.84 Å². The summed E-state index contributed by atoms with van der Waals surface area (Å²) in [5.74, 6) is 0.552. The van der Waals surface area contributed by atoms with Crippen LogP contribution in [0.2, 0.25) is 0 Å². The van der Waals surface area contributed by atoms with Crippen molar-refractivity contribution < 1.29 is 17.9 Å². The Morgan fingerprint density at radius 1 is 1.15 bits per heavy atom. The molecular formula is C20H17NO4S2. The van der Waals surface area contributed by atoms with E-state index in [4.69, 9.17) is 4.74 Å². The molecule has 0 unspecified atom stereocenters. The molecule has 1 aliphatic rings. The Kier molecular flexibility index (Phi) is 4.28. The van der Waals surface area contributed by atoms with Gasteiger partial charge < -0.3 is 10.1 Å². The number of carbonyl (C=O) groups excluding carboxylic acids is 1. The van der Waals surface area contributed by atoms with Gasteiger partial charge in [0.05, 0.1) is 9.77 Å². The summed E-state index contributed by atoms with van der Waals surface area (Å²) in [6.45, 7) is 2.25. The van der Waals surface area contributed by atoms with Crippen LogP contribution in [-0.4, -0.2) is 20.6 Å². The Bertz CT molecular complexity index is 1160. The van der Waals surface area contributed by atoms with E-state index in [0.717, 1.165) is 33.6 Å². The van der Waals surface area contributed by atoms with E-state index in [9.17, 15) is 13.2 Å². The SMILES string of the molecule is Cc1ccc(S(C)(=O)=O)cc1NC(=O)c1cc2c(s1)-c1ccccc1OC2. The Morgan fingerprint density at radius 2 is 1.93 bits per heavy atom. The van der Waals surface area contributed by atoms with Crippen LogP contribution < -0.4 is 10.1 Å². The highest BCUT2D eigenvalue weighted by Crippen LogP contribution is 2.42. The average Bonchev–Trinajstić information content (AvgIpc) is 3.07. The fraction of sp³-hybridized carbons (Fsp3) is 0.150. The van der Waals surface area contributed by atoms with Crippen molar-refractivity contribution in [1.29, 1.82) is 0 Å². The molecule has 0 saturated carbocycles. The fourth-order valence-corrected chi connectivity index (χ4v) is 4.70. The second-order valence-electron chi connectivity index (χ2n) is 6.45. The molecular weight excluding hydrogens is 382 g/mol. The average molecular weight is 399 g/mol. The lowest BCUT2D eigenvalue weighted by molar-refractivity contribution is 0.103. The number of nitrogens with one attached hydrogen (secondary N) is 1. The zero-order valence-corrected chi connectivity index (χ0v) is 16.4. The molecule has 3 aromatic rings. The number of carbonyl (C=O) groups is 1. The number of para-hydroxylation sites is 1. The van der Waals surface area contributed by atoms with E-state index in [1.807, 2.05) is 37.3 Å². The summed E-state index contributed by atoms with van der Waals surface area (Å²) in [6.07, 6.45) is 1.15. The maximum atomic E-state index is 12.8. The van der Waals surface area contributed by atoms with Crippen LogP contribution in [0.3, 0.4) is 0 Å². The van der Waals surface area contributed by atoms with Gasteiger partial charge in [0.1, 0.15) is 12.4 Å². The van der Waals surface area contributed by atoms with E-state index in [-0.39, 0.29) is 10.8 Å². The van der Waals surface area contributed by atoms with Gasteiger partial charge in [0, 0.05) is 27.9 Å². The molecule has 0 fully saturated rings. The molecule has 0 aliphatic carbocycles. The lowest BCUT2D eigenvalue weighted by Crippen LogP contribution is -2.12. The molecule has 0 saturated heterocycles. The van der Waals surface area contributed by atoms with Gasteiger partial charge in [-0.3, -0.25) is 4.79 Å². The normalized spacial score (nSPS) is 12.7. The monoisotopic (exact) mass is 399 g/mol.